The molecule has 0 aromatic carbocycles. The summed E-state index contributed by atoms with van der Waals surface area (Å²) in [6.07, 6.45) is 3.09. The molecule has 1 aromatic heterocycles. The van der Waals surface area contributed by atoms with E-state index in [0.717, 1.165) is 17.4 Å². The Kier molecular flexibility index (Phi) is 5.15. The standard InChI is InChI=1S/C11H17ClN4O2/c1-3-4-7(2)15-8(17)5-16-6-14-10(12)9(13)11(16)18/h6-7H,3-5,13H2,1-2H3,(H,15,17). The Morgan fingerprint density at radius 3 is 2.94 bits per heavy atom. The van der Waals surface area contributed by atoms with Gasteiger partial charge in [-0.3, -0.25) is 14.2 Å². The molecule has 3 N–H and O–H groups in total. The number of hydrogen-bond acceptors (Lipinski definition) is 4. The van der Waals surface area contributed by atoms with Crippen LogP contribution in [0.5, 0.6) is 0 Å². The zero-order chi connectivity index (χ0) is 13.7. The quantitative estimate of drug-likeness (QED) is 0.775. The zero-order valence-corrected chi connectivity index (χ0v) is 11.2. The number of carbonyl (C=O) groups is 1. The van der Waals surface area contributed by atoms with Gasteiger partial charge in [0, 0.05) is 6.04 Å². The normalized spacial score (nSPS) is 12.2. The average Bonchev–Trinajstić information content (AvgIpc) is 2.30. The van der Waals surface area contributed by atoms with Crippen molar-refractivity contribution in [1.29, 1.82) is 0 Å². The van der Waals surface area contributed by atoms with Gasteiger partial charge in [0.1, 0.15) is 12.2 Å². The number of nitrogens with zero attached hydrogens (tertiary/aromatic N) is 2. The number of hydrogen-bond donors (Lipinski definition) is 2. The highest BCUT2D eigenvalue weighted by Gasteiger charge is 2.11. The lowest BCUT2D eigenvalue weighted by Gasteiger charge is -2.13. The monoisotopic (exact) mass is 272 g/mol. The lowest BCUT2D eigenvalue weighted by atomic mass is 10.2. The molecule has 0 saturated carbocycles. The summed E-state index contributed by atoms with van der Waals surface area (Å²) in [4.78, 5) is 27.1. The molecule has 0 bridgehead atoms. The first-order chi connectivity index (χ1) is 8.45. The molecule has 0 spiro atoms. The number of aromatic nitrogens is 2. The lowest BCUT2D eigenvalue weighted by molar-refractivity contribution is -0.122. The van der Waals surface area contributed by atoms with Crippen LogP contribution in [0.4, 0.5) is 5.69 Å². The van der Waals surface area contributed by atoms with E-state index in [-0.39, 0.29) is 29.3 Å². The summed E-state index contributed by atoms with van der Waals surface area (Å²) in [5, 5.41) is 2.74. The van der Waals surface area contributed by atoms with Gasteiger partial charge in [0.05, 0.1) is 6.33 Å². The summed E-state index contributed by atoms with van der Waals surface area (Å²) in [5.74, 6) is -0.249. The Hall–Kier alpha value is -1.56. The van der Waals surface area contributed by atoms with Crippen molar-refractivity contribution in [2.24, 2.45) is 0 Å². The van der Waals surface area contributed by atoms with Gasteiger partial charge >= 0.3 is 0 Å². The van der Waals surface area contributed by atoms with E-state index >= 15 is 0 Å². The molecule has 0 aliphatic heterocycles. The van der Waals surface area contributed by atoms with Crippen LogP contribution in [0.3, 0.4) is 0 Å². The summed E-state index contributed by atoms with van der Waals surface area (Å²) in [5.41, 5.74) is 4.80. The molecule has 1 atom stereocenters. The van der Waals surface area contributed by atoms with Crippen LogP contribution in [-0.2, 0) is 11.3 Å². The van der Waals surface area contributed by atoms with E-state index in [1.165, 1.54) is 6.33 Å². The molecule has 0 aliphatic rings. The van der Waals surface area contributed by atoms with Crippen LogP contribution in [0.15, 0.2) is 11.1 Å². The molecule has 100 valence electrons. The number of nitrogen functional groups attached to an aromatic ring is 1. The smallest absolute Gasteiger partial charge is 0.278 e. The number of amides is 1. The van der Waals surface area contributed by atoms with Crippen molar-refractivity contribution in [3.05, 3.63) is 21.8 Å². The summed E-state index contributed by atoms with van der Waals surface area (Å²) in [6, 6.07) is 0.0795. The predicted octanol–water partition coefficient (Wildman–Crippen LogP) is 0.784. The Bertz CT molecular complexity index is 486. The first-order valence-electron chi connectivity index (χ1n) is 5.75. The number of halogens is 1. The van der Waals surface area contributed by atoms with Crippen LogP contribution in [-0.4, -0.2) is 21.5 Å². The minimum absolute atomic E-state index is 0.0454. The highest BCUT2D eigenvalue weighted by atomic mass is 35.5. The summed E-state index contributed by atoms with van der Waals surface area (Å²) < 4.78 is 1.13. The van der Waals surface area contributed by atoms with Crippen LogP contribution in [0.2, 0.25) is 5.15 Å². The molecular weight excluding hydrogens is 256 g/mol. The minimum Gasteiger partial charge on any atom is -0.392 e. The first-order valence-corrected chi connectivity index (χ1v) is 6.13. The van der Waals surface area contributed by atoms with Gasteiger partial charge < -0.3 is 11.1 Å². The van der Waals surface area contributed by atoms with Gasteiger partial charge in [-0.05, 0) is 13.3 Å². The molecule has 0 radical (unpaired) electrons. The van der Waals surface area contributed by atoms with E-state index in [2.05, 4.69) is 10.3 Å². The summed E-state index contributed by atoms with van der Waals surface area (Å²) in [6.45, 7) is 3.84. The second-order valence-electron chi connectivity index (χ2n) is 4.14. The van der Waals surface area contributed by atoms with Gasteiger partial charge in [0.15, 0.2) is 5.15 Å². The second-order valence-corrected chi connectivity index (χ2v) is 4.50. The van der Waals surface area contributed by atoms with E-state index in [1.54, 1.807) is 0 Å². The molecular formula is C11H17ClN4O2. The fourth-order valence-electron chi connectivity index (χ4n) is 1.58. The Labute approximate surface area is 110 Å². The van der Waals surface area contributed by atoms with E-state index < -0.39 is 5.56 Å². The largest absolute Gasteiger partial charge is 0.392 e. The van der Waals surface area contributed by atoms with Gasteiger partial charge in [-0.1, -0.05) is 24.9 Å². The van der Waals surface area contributed by atoms with Crippen LogP contribution >= 0.6 is 11.6 Å². The SMILES string of the molecule is CCCC(C)NC(=O)Cn1cnc(Cl)c(N)c1=O. The number of anilines is 1. The molecule has 18 heavy (non-hydrogen) atoms. The highest BCUT2D eigenvalue weighted by Crippen LogP contribution is 2.07. The van der Waals surface area contributed by atoms with E-state index in [9.17, 15) is 9.59 Å². The second kappa shape index (κ2) is 6.39. The molecule has 6 nitrogen and oxygen atoms in total. The van der Waals surface area contributed by atoms with Gasteiger partial charge in [-0.2, -0.15) is 0 Å². The average molecular weight is 273 g/mol. The maximum atomic E-state index is 11.7. The molecule has 0 saturated heterocycles. The van der Waals surface area contributed by atoms with Crippen molar-refractivity contribution in [1.82, 2.24) is 14.9 Å². The zero-order valence-electron chi connectivity index (χ0n) is 10.4. The van der Waals surface area contributed by atoms with Crippen LogP contribution in [0.25, 0.3) is 0 Å². The van der Waals surface area contributed by atoms with Crippen LogP contribution in [0, 0.1) is 0 Å². The molecule has 1 rings (SSSR count). The van der Waals surface area contributed by atoms with Crippen molar-refractivity contribution in [3.8, 4) is 0 Å². The molecule has 1 amide bonds. The van der Waals surface area contributed by atoms with Gasteiger partial charge in [-0.25, -0.2) is 4.98 Å². The van der Waals surface area contributed by atoms with Gasteiger partial charge in [-0.15, -0.1) is 0 Å². The third-order valence-electron chi connectivity index (χ3n) is 2.47. The van der Waals surface area contributed by atoms with Crippen molar-refractivity contribution >= 4 is 23.2 Å². The number of rotatable bonds is 5. The van der Waals surface area contributed by atoms with Crippen molar-refractivity contribution in [2.45, 2.75) is 39.3 Å². The molecule has 1 heterocycles. The van der Waals surface area contributed by atoms with E-state index in [1.807, 2.05) is 13.8 Å². The van der Waals surface area contributed by atoms with Crippen molar-refractivity contribution in [3.63, 3.8) is 0 Å². The third kappa shape index (κ3) is 3.73. The lowest BCUT2D eigenvalue weighted by Crippen LogP contribution is -2.37. The maximum absolute atomic E-state index is 11.7. The van der Waals surface area contributed by atoms with Crippen LogP contribution in [0.1, 0.15) is 26.7 Å². The number of carbonyl (C=O) groups excluding carboxylic acids is 1. The first kappa shape index (κ1) is 14.5. The Morgan fingerprint density at radius 2 is 2.33 bits per heavy atom. The topological polar surface area (TPSA) is 90.0 Å². The summed E-state index contributed by atoms with van der Waals surface area (Å²) >= 11 is 5.60. The Morgan fingerprint density at radius 1 is 1.67 bits per heavy atom. The molecule has 0 fully saturated rings. The van der Waals surface area contributed by atoms with Crippen molar-refractivity contribution < 1.29 is 4.79 Å². The number of nitrogens with one attached hydrogen (secondary N) is 1. The predicted molar refractivity (Wildman–Crippen MR) is 70.4 cm³/mol. The van der Waals surface area contributed by atoms with Crippen LogP contribution < -0.4 is 16.6 Å². The fraction of sp³-hybridized carbons (Fsp3) is 0.545. The van der Waals surface area contributed by atoms with Crippen molar-refractivity contribution in [2.75, 3.05) is 5.73 Å². The molecule has 1 unspecified atom stereocenters. The maximum Gasteiger partial charge on any atom is 0.278 e. The van der Waals surface area contributed by atoms with E-state index in [4.69, 9.17) is 17.3 Å². The fourth-order valence-corrected chi connectivity index (χ4v) is 1.70. The van der Waals surface area contributed by atoms with Gasteiger partial charge in [0.2, 0.25) is 5.91 Å². The molecule has 7 heteroatoms. The minimum atomic E-state index is -0.506. The molecule has 0 aliphatic carbocycles. The van der Waals surface area contributed by atoms with E-state index in [0.29, 0.717) is 0 Å². The highest BCUT2D eigenvalue weighted by molar-refractivity contribution is 6.31. The number of nitrogens with two attached hydrogens (primary N) is 1. The summed E-state index contributed by atoms with van der Waals surface area (Å²) in [7, 11) is 0. The Balaban J connectivity index is 2.71. The third-order valence-corrected chi connectivity index (χ3v) is 2.77. The van der Waals surface area contributed by atoms with Gasteiger partial charge in [0.25, 0.3) is 5.56 Å². The molecule has 1 aromatic rings.